The highest BCUT2D eigenvalue weighted by atomic mass is 32.1. The first-order valence-electron chi connectivity index (χ1n) is 6.30. The highest BCUT2D eigenvalue weighted by molar-refractivity contribution is 7.89. The number of benzene rings is 2. The van der Waals surface area contributed by atoms with Gasteiger partial charge in [0, 0.05) is 23.6 Å². The quantitative estimate of drug-likeness (QED) is 0.656. The molecule has 0 spiro atoms. The van der Waals surface area contributed by atoms with Gasteiger partial charge in [0.05, 0.1) is 0 Å². The van der Waals surface area contributed by atoms with Crippen molar-refractivity contribution < 1.29 is 10.2 Å². The van der Waals surface area contributed by atoms with Crippen molar-refractivity contribution in [3.05, 3.63) is 59.7 Å². The maximum atomic E-state index is 9.62. The fraction of sp³-hybridized carbons (Fsp3) is 0. The molecule has 0 fully saturated rings. The molecule has 0 atom stereocenters. The molecule has 22 heavy (non-hydrogen) atoms. The lowest BCUT2D eigenvalue weighted by Gasteiger charge is -1.99. The lowest BCUT2D eigenvalue weighted by Crippen LogP contribution is -2.04. The average Bonchev–Trinajstić information content (AvgIpc) is 2.52. The van der Waals surface area contributed by atoms with Crippen LogP contribution in [0.3, 0.4) is 0 Å². The first-order chi connectivity index (χ1) is 10.6. The zero-order valence-corrected chi connectivity index (χ0v) is 13.0. The first-order valence-corrected chi connectivity index (χ1v) is 7.12. The minimum absolute atomic E-state index is 0.109. The Hall–Kier alpha value is -2.44. The molecule has 6 heteroatoms. The Morgan fingerprint density at radius 2 is 1.09 bits per heavy atom. The van der Waals surface area contributed by atoms with Gasteiger partial charge in [0.2, 0.25) is 0 Å². The van der Waals surface area contributed by atoms with E-state index < -0.39 is 0 Å². The Bertz CT molecular complexity index is 705. The molecule has 0 unspecified atom stereocenters. The molecule has 2 rings (SSSR count). The van der Waals surface area contributed by atoms with E-state index in [4.69, 9.17) is 24.4 Å². The maximum Gasteiger partial charge on any atom is 0.162 e. The normalized spacial score (nSPS) is 11.1. The van der Waals surface area contributed by atoms with Crippen molar-refractivity contribution in [2.24, 2.45) is 9.98 Å². The number of nitrogens with zero attached hydrogens (tertiary/aromatic N) is 2. The van der Waals surface area contributed by atoms with Gasteiger partial charge in [-0.05, 0) is 24.3 Å². The third-order valence-electron chi connectivity index (χ3n) is 2.70. The molecule has 0 saturated carbocycles. The Labute approximate surface area is 138 Å². The summed E-state index contributed by atoms with van der Waals surface area (Å²) in [4.78, 5) is 8.30. The van der Waals surface area contributed by atoms with E-state index in [1.54, 1.807) is 48.5 Å². The second-order valence-electron chi connectivity index (χ2n) is 4.24. The summed E-state index contributed by atoms with van der Waals surface area (Å²) in [5.41, 5.74) is 1.08. The van der Waals surface area contributed by atoms with Gasteiger partial charge in [0.25, 0.3) is 0 Å². The maximum absolute atomic E-state index is 9.62. The molecule has 0 aromatic heterocycles. The molecule has 0 aliphatic heterocycles. The van der Waals surface area contributed by atoms with E-state index in [0.717, 1.165) is 0 Å². The summed E-state index contributed by atoms with van der Waals surface area (Å²) in [6.07, 6.45) is 2.86. The van der Waals surface area contributed by atoms with Crippen LogP contribution < -0.4 is 0 Å². The van der Waals surface area contributed by atoms with Crippen LogP contribution in [-0.4, -0.2) is 32.6 Å². The van der Waals surface area contributed by atoms with Crippen molar-refractivity contribution in [2.45, 2.75) is 0 Å². The lowest BCUT2D eigenvalue weighted by molar-refractivity contribution is 0.474. The molecule has 2 N–H and O–H groups in total. The summed E-state index contributed by atoms with van der Waals surface area (Å²) < 4.78 is 0. The number of aliphatic imine (C=N–C) groups is 2. The molecule has 0 aliphatic rings. The molecule has 0 saturated heterocycles. The molecule has 0 aliphatic carbocycles. The van der Waals surface area contributed by atoms with Crippen molar-refractivity contribution in [3.8, 4) is 11.5 Å². The average molecular weight is 328 g/mol. The SMILES string of the molecule is Oc1ccccc1C=NC(=S)C(=S)N=Cc1ccccc1O. The zero-order chi connectivity index (χ0) is 15.9. The number of hydrogen-bond donors (Lipinski definition) is 2. The number of phenolic OH excluding ortho intramolecular Hbond substituents is 2. The van der Waals surface area contributed by atoms with Crippen LogP contribution in [0.5, 0.6) is 11.5 Å². The molecule has 2 aromatic rings. The summed E-state index contributed by atoms with van der Waals surface area (Å²) >= 11 is 10.1. The van der Waals surface area contributed by atoms with E-state index in [9.17, 15) is 10.2 Å². The van der Waals surface area contributed by atoms with Crippen molar-refractivity contribution in [1.82, 2.24) is 0 Å². The van der Waals surface area contributed by atoms with E-state index in [2.05, 4.69) is 9.98 Å². The van der Waals surface area contributed by atoms with Gasteiger partial charge in [0.1, 0.15) is 11.5 Å². The van der Waals surface area contributed by atoms with E-state index >= 15 is 0 Å². The largest absolute Gasteiger partial charge is 0.507 e. The number of para-hydroxylation sites is 2. The van der Waals surface area contributed by atoms with Crippen molar-refractivity contribution in [2.75, 3.05) is 0 Å². The fourth-order valence-corrected chi connectivity index (χ4v) is 1.77. The molecule has 0 amide bonds. The standard InChI is InChI=1S/C16H12N2O2S2/c19-13-7-3-1-5-11(13)9-17-15(21)16(22)18-10-12-6-2-4-8-14(12)20/h1-10,19-20H. The van der Waals surface area contributed by atoms with Gasteiger partial charge in [-0.1, -0.05) is 48.7 Å². The molecular weight excluding hydrogens is 316 g/mol. The number of thiocarbonyl (C=S) groups is 2. The van der Waals surface area contributed by atoms with Gasteiger partial charge in [-0.25, -0.2) is 9.98 Å². The summed E-state index contributed by atoms with van der Waals surface area (Å²) in [6.45, 7) is 0. The van der Waals surface area contributed by atoms with Crippen LogP contribution in [0.2, 0.25) is 0 Å². The van der Waals surface area contributed by atoms with E-state index in [-0.39, 0.29) is 21.5 Å². The predicted octanol–water partition coefficient (Wildman–Crippen LogP) is 3.29. The number of rotatable bonds is 2. The molecule has 0 radical (unpaired) electrons. The summed E-state index contributed by atoms with van der Waals surface area (Å²) in [5, 5.41) is 19.2. The number of hydrogen-bond acceptors (Lipinski definition) is 4. The Morgan fingerprint density at radius 1 is 0.727 bits per heavy atom. The van der Waals surface area contributed by atoms with Crippen molar-refractivity contribution in [1.29, 1.82) is 0 Å². The van der Waals surface area contributed by atoms with Gasteiger partial charge in [0.15, 0.2) is 9.98 Å². The fourth-order valence-electron chi connectivity index (χ4n) is 1.56. The molecule has 0 bridgehead atoms. The van der Waals surface area contributed by atoms with Gasteiger partial charge in [-0.3, -0.25) is 0 Å². The molecule has 0 heterocycles. The topological polar surface area (TPSA) is 65.2 Å². The van der Waals surface area contributed by atoms with Crippen LogP contribution in [0.25, 0.3) is 0 Å². The minimum Gasteiger partial charge on any atom is -0.507 e. The Morgan fingerprint density at radius 3 is 1.45 bits per heavy atom. The lowest BCUT2D eigenvalue weighted by atomic mass is 10.2. The summed E-state index contributed by atoms with van der Waals surface area (Å²) in [5.74, 6) is 0.218. The highest BCUT2D eigenvalue weighted by Crippen LogP contribution is 2.14. The van der Waals surface area contributed by atoms with Crippen LogP contribution >= 0.6 is 24.4 Å². The monoisotopic (exact) mass is 328 g/mol. The minimum atomic E-state index is 0.109. The van der Waals surface area contributed by atoms with Crippen LogP contribution in [0.4, 0.5) is 0 Å². The van der Waals surface area contributed by atoms with Gasteiger partial charge < -0.3 is 10.2 Å². The number of aromatic hydroxyl groups is 2. The van der Waals surface area contributed by atoms with Gasteiger partial charge >= 0.3 is 0 Å². The third kappa shape index (κ3) is 4.28. The zero-order valence-electron chi connectivity index (χ0n) is 11.4. The Balaban J connectivity index is 2.06. The molecule has 4 nitrogen and oxygen atoms in total. The summed E-state index contributed by atoms with van der Waals surface area (Å²) in [6, 6.07) is 13.5. The van der Waals surface area contributed by atoms with Crippen molar-refractivity contribution in [3.63, 3.8) is 0 Å². The van der Waals surface area contributed by atoms with Crippen LogP contribution in [0.15, 0.2) is 58.5 Å². The second kappa shape index (κ2) is 7.53. The second-order valence-corrected chi connectivity index (χ2v) is 5.02. The van der Waals surface area contributed by atoms with Gasteiger partial charge in [-0.2, -0.15) is 0 Å². The first kappa shape index (κ1) is 15.9. The van der Waals surface area contributed by atoms with Crippen LogP contribution in [0.1, 0.15) is 11.1 Å². The number of phenols is 2. The van der Waals surface area contributed by atoms with Gasteiger partial charge in [-0.15, -0.1) is 0 Å². The van der Waals surface area contributed by atoms with Crippen molar-refractivity contribution >= 4 is 46.8 Å². The van der Waals surface area contributed by atoms with Crippen LogP contribution in [0, 0.1) is 0 Å². The van der Waals surface area contributed by atoms with E-state index in [1.165, 1.54) is 12.4 Å². The predicted molar refractivity (Wildman–Crippen MR) is 96.6 cm³/mol. The van der Waals surface area contributed by atoms with E-state index in [1.807, 2.05) is 0 Å². The molecule has 2 aromatic carbocycles. The van der Waals surface area contributed by atoms with Crippen LogP contribution in [-0.2, 0) is 0 Å². The summed E-state index contributed by atoms with van der Waals surface area (Å²) in [7, 11) is 0. The van der Waals surface area contributed by atoms with E-state index in [0.29, 0.717) is 11.1 Å². The highest BCUT2D eigenvalue weighted by Gasteiger charge is 2.02. The Kier molecular flexibility index (Phi) is 5.46. The molecule has 110 valence electrons. The molecular formula is C16H12N2O2S2. The smallest absolute Gasteiger partial charge is 0.162 e. The third-order valence-corrected chi connectivity index (χ3v) is 3.42.